The van der Waals surface area contributed by atoms with Gasteiger partial charge in [-0.25, -0.2) is 4.98 Å². The molecule has 7 nitrogen and oxygen atoms in total. The second kappa shape index (κ2) is 5.88. The number of fused-ring (bicyclic) bond motifs is 1. The lowest BCUT2D eigenvalue weighted by molar-refractivity contribution is -0.150. The Bertz CT molecular complexity index is 809. The van der Waals surface area contributed by atoms with Crippen LogP contribution in [0.3, 0.4) is 0 Å². The van der Waals surface area contributed by atoms with Crippen molar-refractivity contribution in [1.82, 2.24) is 19.6 Å². The molecule has 1 saturated carbocycles. The van der Waals surface area contributed by atoms with Crippen LogP contribution in [0.2, 0.25) is 0 Å². The smallest absolute Gasteiger partial charge is 0.310 e. The fourth-order valence-electron chi connectivity index (χ4n) is 3.13. The Morgan fingerprint density at radius 1 is 1.43 bits per heavy atom. The first kappa shape index (κ1) is 15.3. The van der Waals surface area contributed by atoms with Crippen LogP contribution >= 0.6 is 0 Å². The van der Waals surface area contributed by atoms with Crippen LogP contribution in [0.25, 0.3) is 5.78 Å². The van der Waals surface area contributed by atoms with Gasteiger partial charge in [0.1, 0.15) is 12.1 Å². The summed E-state index contributed by atoms with van der Waals surface area (Å²) in [5.74, 6) is 6.08. The number of rotatable bonds is 2. The van der Waals surface area contributed by atoms with E-state index in [0.29, 0.717) is 42.1 Å². The summed E-state index contributed by atoms with van der Waals surface area (Å²) in [6.07, 6.45) is 6.08. The van der Waals surface area contributed by atoms with Crippen LogP contribution in [0.5, 0.6) is 0 Å². The zero-order valence-electron chi connectivity index (χ0n) is 13.0. The van der Waals surface area contributed by atoms with Gasteiger partial charge >= 0.3 is 5.97 Å². The van der Waals surface area contributed by atoms with Crippen molar-refractivity contribution < 1.29 is 9.90 Å². The predicted octanol–water partition coefficient (Wildman–Crippen LogP) is 1.79. The van der Waals surface area contributed by atoms with Crippen LogP contribution in [0.1, 0.15) is 49.8 Å². The SMILES string of the molecule is Cc1nc2ncnn2c(N)c1C#CCC1(C(=O)O)CCCCC1. The Morgan fingerprint density at radius 3 is 2.87 bits per heavy atom. The molecule has 2 heterocycles. The lowest BCUT2D eigenvalue weighted by atomic mass is 9.72. The molecule has 7 heteroatoms. The number of nitrogen functional groups attached to an aromatic ring is 1. The molecule has 0 spiro atoms. The molecule has 0 radical (unpaired) electrons. The van der Waals surface area contributed by atoms with E-state index in [4.69, 9.17) is 5.73 Å². The van der Waals surface area contributed by atoms with Gasteiger partial charge in [0.2, 0.25) is 0 Å². The maximum Gasteiger partial charge on any atom is 0.310 e. The summed E-state index contributed by atoms with van der Waals surface area (Å²) in [6.45, 7) is 1.81. The van der Waals surface area contributed by atoms with Gasteiger partial charge in [0.05, 0.1) is 16.7 Å². The van der Waals surface area contributed by atoms with E-state index in [1.54, 1.807) is 0 Å². The number of carboxylic acid groups (broad SMARTS) is 1. The molecule has 1 aliphatic rings. The van der Waals surface area contributed by atoms with Crippen molar-refractivity contribution in [3.63, 3.8) is 0 Å². The number of carboxylic acids is 1. The van der Waals surface area contributed by atoms with Crippen molar-refractivity contribution >= 4 is 17.6 Å². The molecule has 3 rings (SSSR count). The monoisotopic (exact) mass is 313 g/mol. The van der Waals surface area contributed by atoms with Crippen molar-refractivity contribution in [2.45, 2.75) is 45.4 Å². The number of carbonyl (C=O) groups is 1. The third-order valence-corrected chi connectivity index (χ3v) is 4.55. The van der Waals surface area contributed by atoms with Crippen LogP contribution in [0.15, 0.2) is 6.33 Å². The Kier molecular flexibility index (Phi) is 3.90. The number of nitrogens with two attached hydrogens (primary N) is 1. The molecule has 0 saturated heterocycles. The highest BCUT2D eigenvalue weighted by Gasteiger charge is 2.38. The minimum atomic E-state index is -0.749. The van der Waals surface area contributed by atoms with Crippen molar-refractivity contribution in [2.75, 3.05) is 5.73 Å². The number of aromatic nitrogens is 4. The molecule has 0 unspecified atom stereocenters. The Hall–Kier alpha value is -2.62. The molecule has 3 N–H and O–H groups in total. The van der Waals surface area contributed by atoms with Crippen LogP contribution in [-0.4, -0.2) is 30.7 Å². The second-order valence-corrected chi connectivity index (χ2v) is 6.05. The number of hydrogen-bond acceptors (Lipinski definition) is 5. The maximum atomic E-state index is 11.7. The summed E-state index contributed by atoms with van der Waals surface area (Å²) < 4.78 is 1.44. The van der Waals surface area contributed by atoms with Gasteiger partial charge in [-0.3, -0.25) is 4.79 Å². The molecule has 120 valence electrons. The molecule has 0 aromatic carbocycles. The lowest BCUT2D eigenvalue weighted by Gasteiger charge is -2.31. The van der Waals surface area contributed by atoms with Crippen LogP contribution in [0, 0.1) is 24.2 Å². The van der Waals surface area contributed by atoms with Gasteiger partial charge in [-0.05, 0) is 19.8 Å². The first-order valence-electron chi connectivity index (χ1n) is 7.72. The topological polar surface area (TPSA) is 106 Å². The van der Waals surface area contributed by atoms with E-state index in [1.807, 2.05) is 6.92 Å². The summed E-state index contributed by atoms with van der Waals surface area (Å²) in [5, 5.41) is 13.6. The van der Waals surface area contributed by atoms with Gasteiger partial charge in [-0.15, -0.1) is 0 Å². The molecule has 0 amide bonds. The summed E-state index contributed by atoms with van der Waals surface area (Å²) in [6, 6.07) is 0. The summed E-state index contributed by atoms with van der Waals surface area (Å²) in [7, 11) is 0. The average molecular weight is 313 g/mol. The number of anilines is 1. The molecule has 2 aromatic heterocycles. The molecular weight excluding hydrogens is 294 g/mol. The number of aryl methyl sites for hydroxylation is 1. The van der Waals surface area contributed by atoms with Gasteiger partial charge in [-0.1, -0.05) is 31.1 Å². The van der Waals surface area contributed by atoms with E-state index in [2.05, 4.69) is 26.9 Å². The summed E-state index contributed by atoms with van der Waals surface area (Å²) >= 11 is 0. The molecule has 1 aliphatic carbocycles. The van der Waals surface area contributed by atoms with E-state index >= 15 is 0 Å². The van der Waals surface area contributed by atoms with Gasteiger partial charge in [-0.2, -0.15) is 14.6 Å². The van der Waals surface area contributed by atoms with Gasteiger partial charge in [0.15, 0.2) is 0 Å². The minimum absolute atomic E-state index is 0.330. The van der Waals surface area contributed by atoms with E-state index in [1.165, 1.54) is 10.8 Å². The van der Waals surface area contributed by atoms with Crippen molar-refractivity contribution in [1.29, 1.82) is 0 Å². The molecule has 23 heavy (non-hydrogen) atoms. The van der Waals surface area contributed by atoms with Crippen LogP contribution in [-0.2, 0) is 4.79 Å². The van der Waals surface area contributed by atoms with Crippen molar-refractivity contribution in [2.24, 2.45) is 5.41 Å². The first-order chi connectivity index (χ1) is 11.0. The predicted molar refractivity (Wildman–Crippen MR) is 84.6 cm³/mol. The Morgan fingerprint density at radius 2 is 2.17 bits per heavy atom. The van der Waals surface area contributed by atoms with E-state index in [9.17, 15) is 9.90 Å². The van der Waals surface area contributed by atoms with Crippen molar-refractivity contribution in [3.05, 3.63) is 17.6 Å². The highest BCUT2D eigenvalue weighted by molar-refractivity contribution is 5.75. The van der Waals surface area contributed by atoms with E-state index in [-0.39, 0.29) is 0 Å². The average Bonchev–Trinajstić information content (AvgIpc) is 2.99. The standard InChI is InChI=1S/C16H19N5O2/c1-11-12(13(17)21-15(20-11)18-10-19-21)6-5-9-16(14(22)23)7-3-2-4-8-16/h10H,2-4,7-9,17H2,1H3,(H,22,23). The van der Waals surface area contributed by atoms with Crippen LogP contribution in [0.4, 0.5) is 5.82 Å². The molecule has 0 bridgehead atoms. The third-order valence-electron chi connectivity index (χ3n) is 4.55. The fraction of sp³-hybridized carbons (Fsp3) is 0.500. The number of hydrogen-bond donors (Lipinski definition) is 2. The van der Waals surface area contributed by atoms with Gasteiger partial charge in [0, 0.05) is 6.42 Å². The van der Waals surface area contributed by atoms with Crippen molar-refractivity contribution in [3.8, 4) is 11.8 Å². The molecular formula is C16H19N5O2. The normalized spacial score (nSPS) is 16.7. The molecule has 0 atom stereocenters. The number of aliphatic carboxylic acids is 1. The zero-order valence-corrected chi connectivity index (χ0v) is 13.0. The minimum Gasteiger partial charge on any atom is -0.481 e. The Balaban J connectivity index is 1.91. The fourth-order valence-corrected chi connectivity index (χ4v) is 3.13. The quantitative estimate of drug-likeness (QED) is 0.819. The first-order valence-corrected chi connectivity index (χ1v) is 7.72. The Labute approximate surface area is 133 Å². The molecule has 1 fully saturated rings. The zero-order chi connectivity index (χ0) is 16.4. The molecule has 2 aromatic rings. The van der Waals surface area contributed by atoms with E-state index in [0.717, 1.165) is 19.3 Å². The lowest BCUT2D eigenvalue weighted by Crippen LogP contribution is -2.32. The second-order valence-electron chi connectivity index (χ2n) is 6.05. The number of nitrogens with zero attached hydrogens (tertiary/aromatic N) is 4. The van der Waals surface area contributed by atoms with Gasteiger partial charge in [0.25, 0.3) is 5.78 Å². The molecule has 0 aliphatic heterocycles. The highest BCUT2D eigenvalue weighted by Crippen LogP contribution is 2.39. The van der Waals surface area contributed by atoms with E-state index < -0.39 is 11.4 Å². The summed E-state index contributed by atoms with van der Waals surface area (Å²) in [5.41, 5.74) is 6.61. The summed E-state index contributed by atoms with van der Waals surface area (Å²) in [4.78, 5) is 20.0. The third kappa shape index (κ3) is 2.72. The van der Waals surface area contributed by atoms with Crippen LogP contribution < -0.4 is 5.73 Å². The largest absolute Gasteiger partial charge is 0.481 e. The maximum absolute atomic E-state index is 11.7. The van der Waals surface area contributed by atoms with Gasteiger partial charge < -0.3 is 10.8 Å². The highest BCUT2D eigenvalue weighted by atomic mass is 16.4.